The summed E-state index contributed by atoms with van der Waals surface area (Å²) in [7, 11) is 0. The van der Waals surface area contributed by atoms with Crippen LogP contribution in [0.15, 0.2) is 0 Å². The molecule has 0 saturated carbocycles. The molecule has 0 aromatic heterocycles. The molecule has 1 rings (SSSR count). The molecule has 0 aromatic carbocycles. The molecule has 1 aliphatic heterocycles. The molecule has 3 unspecified atom stereocenters. The van der Waals surface area contributed by atoms with E-state index >= 15 is 0 Å². The van der Waals surface area contributed by atoms with E-state index in [9.17, 15) is 5.11 Å². The highest BCUT2D eigenvalue weighted by Gasteiger charge is 2.25. The number of hydrogen-bond donors (Lipinski definition) is 2. The fourth-order valence-corrected chi connectivity index (χ4v) is 1.43. The molecule has 3 heteroatoms. The Kier molecular flexibility index (Phi) is 3.30. The van der Waals surface area contributed by atoms with E-state index in [1.807, 2.05) is 0 Å². The lowest BCUT2D eigenvalue weighted by molar-refractivity contribution is -0.0585. The molecule has 2 N–H and O–H groups in total. The molecular weight excluding hydrogens is 144 g/mol. The molecule has 3 atom stereocenters. The van der Waals surface area contributed by atoms with E-state index in [1.54, 1.807) is 6.92 Å². The van der Waals surface area contributed by atoms with Crippen molar-refractivity contribution in [3.8, 4) is 0 Å². The summed E-state index contributed by atoms with van der Waals surface area (Å²) in [5.41, 5.74) is 0. The Hall–Kier alpha value is -0.120. The molecule has 0 aromatic rings. The van der Waals surface area contributed by atoms with Crippen LogP contribution in [0.2, 0.25) is 0 Å². The molecule has 11 heavy (non-hydrogen) atoms. The lowest BCUT2D eigenvalue weighted by atomic mass is 9.93. The van der Waals surface area contributed by atoms with E-state index < -0.39 is 12.2 Å². The van der Waals surface area contributed by atoms with Crippen molar-refractivity contribution in [2.45, 2.75) is 32.0 Å². The van der Waals surface area contributed by atoms with E-state index in [2.05, 4.69) is 0 Å². The fourth-order valence-electron chi connectivity index (χ4n) is 1.43. The Morgan fingerprint density at radius 1 is 1.45 bits per heavy atom. The van der Waals surface area contributed by atoms with Gasteiger partial charge in [0.1, 0.15) is 0 Å². The van der Waals surface area contributed by atoms with Crippen molar-refractivity contribution in [2.24, 2.45) is 5.92 Å². The summed E-state index contributed by atoms with van der Waals surface area (Å²) in [6.07, 6.45) is 0.706. The van der Waals surface area contributed by atoms with Crippen LogP contribution in [0.4, 0.5) is 0 Å². The van der Waals surface area contributed by atoms with Crippen LogP contribution in [0.5, 0.6) is 0 Å². The monoisotopic (exact) mass is 160 g/mol. The van der Waals surface area contributed by atoms with Gasteiger partial charge in [0.15, 0.2) is 0 Å². The lowest BCUT2D eigenvalue weighted by Crippen LogP contribution is -2.36. The summed E-state index contributed by atoms with van der Waals surface area (Å²) >= 11 is 0. The second-order valence-electron chi connectivity index (χ2n) is 3.21. The number of aliphatic hydroxyl groups is 2. The van der Waals surface area contributed by atoms with Crippen molar-refractivity contribution < 1.29 is 14.9 Å². The number of aliphatic hydroxyl groups excluding tert-OH is 2. The van der Waals surface area contributed by atoms with Crippen molar-refractivity contribution in [3.63, 3.8) is 0 Å². The maximum absolute atomic E-state index is 9.42. The van der Waals surface area contributed by atoms with Crippen LogP contribution in [-0.2, 0) is 4.74 Å². The quantitative estimate of drug-likeness (QED) is 0.604. The molecule has 0 spiro atoms. The van der Waals surface area contributed by atoms with Gasteiger partial charge in [0.2, 0.25) is 0 Å². The third-order valence-corrected chi connectivity index (χ3v) is 2.17. The van der Waals surface area contributed by atoms with Crippen LogP contribution in [0.1, 0.15) is 19.8 Å². The highest BCUT2D eigenvalue weighted by atomic mass is 16.5. The molecule has 66 valence electrons. The fraction of sp³-hybridized carbons (Fsp3) is 1.00. The zero-order valence-electron chi connectivity index (χ0n) is 6.86. The Morgan fingerprint density at radius 3 is 2.64 bits per heavy atom. The molecule has 0 bridgehead atoms. The van der Waals surface area contributed by atoms with Crippen LogP contribution in [0, 0.1) is 5.92 Å². The normalized spacial score (nSPS) is 31.4. The second-order valence-corrected chi connectivity index (χ2v) is 3.21. The highest BCUT2D eigenvalue weighted by Crippen LogP contribution is 2.19. The van der Waals surface area contributed by atoms with Gasteiger partial charge in [0.05, 0.1) is 18.8 Å². The first-order valence-electron chi connectivity index (χ1n) is 4.15. The van der Waals surface area contributed by atoms with E-state index in [0.29, 0.717) is 6.61 Å². The summed E-state index contributed by atoms with van der Waals surface area (Å²) in [4.78, 5) is 0. The third-order valence-electron chi connectivity index (χ3n) is 2.17. The van der Waals surface area contributed by atoms with Crippen LogP contribution in [0.25, 0.3) is 0 Å². The Balaban J connectivity index is 2.32. The summed E-state index contributed by atoms with van der Waals surface area (Å²) in [6, 6.07) is 0. The van der Waals surface area contributed by atoms with Crippen LogP contribution >= 0.6 is 0 Å². The third kappa shape index (κ3) is 2.43. The molecule has 0 radical (unpaired) electrons. The molecule has 1 fully saturated rings. The van der Waals surface area contributed by atoms with Crippen molar-refractivity contribution in [1.82, 2.24) is 0 Å². The Morgan fingerprint density at radius 2 is 2.18 bits per heavy atom. The van der Waals surface area contributed by atoms with Gasteiger partial charge in [-0.15, -0.1) is 0 Å². The van der Waals surface area contributed by atoms with Crippen LogP contribution in [0.3, 0.4) is 0 Å². The number of ether oxygens (including phenoxy) is 1. The standard InChI is InChI=1S/C8H16O3/c1-6(9)8(10)7-3-2-4-11-5-7/h6-10H,2-5H2,1H3. The molecule has 1 aliphatic rings. The minimum atomic E-state index is -0.637. The van der Waals surface area contributed by atoms with Gasteiger partial charge in [-0.25, -0.2) is 0 Å². The molecular formula is C8H16O3. The Labute approximate surface area is 67.0 Å². The largest absolute Gasteiger partial charge is 0.391 e. The topological polar surface area (TPSA) is 49.7 Å². The maximum Gasteiger partial charge on any atom is 0.0846 e. The summed E-state index contributed by atoms with van der Waals surface area (Å²) in [6.45, 7) is 2.99. The average Bonchev–Trinajstić information content (AvgIpc) is 2.05. The number of rotatable bonds is 2. The minimum absolute atomic E-state index is 0.128. The molecule has 3 nitrogen and oxygen atoms in total. The van der Waals surface area contributed by atoms with E-state index in [1.165, 1.54) is 0 Å². The van der Waals surface area contributed by atoms with Crippen molar-refractivity contribution in [1.29, 1.82) is 0 Å². The van der Waals surface area contributed by atoms with Crippen LogP contribution < -0.4 is 0 Å². The minimum Gasteiger partial charge on any atom is -0.391 e. The predicted molar refractivity (Wildman–Crippen MR) is 41.2 cm³/mol. The van der Waals surface area contributed by atoms with Crippen molar-refractivity contribution in [3.05, 3.63) is 0 Å². The predicted octanol–water partition coefficient (Wildman–Crippen LogP) is 0.155. The van der Waals surface area contributed by atoms with E-state index in [0.717, 1.165) is 19.4 Å². The SMILES string of the molecule is CC(O)C(O)C1CCCOC1. The number of hydrogen-bond acceptors (Lipinski definition) is 3. The summed E-state index contributed by atoms with van der Waals surface area (Å²) in [5, 5.41) is 18.5. The van der Waals surface area contributed by atoms with E-state index in [-0.39, 0.29) is 5.92 Å². The zero-order valence-corrected chi connectivity index (χ0v) is 6.86. The zero-order chi connectivity index (χ0) is 8.27. The first kappa shape index (κ1) is 8.97. The van der Waals surface area contributed by atoms with Gasteiger partial charge in [-0.1, -0.05) is 0 Å². The first-order valence-corrected chi connectivity index (χ1v) is 4.15. The van der Waals surface area contributed by atoms with Crippen LogP contribution in [-0.4, -0.2) is 35.6 Å². The molecule has 0 amide bonds. The highest BCUT2D eigenvalue weighted by molar-refractivity contribution is 4.75. The summed E-state index contributed by atoms with van der Waals surface area (Å²) in [5.74, 6) is 0.128. The summed E-state index contributed by atoms with van der Waals surface area (Å²) < 4.78 is 5.18. The van der Waals surface area contributed by atoms with Gasteiger partial charge < -0.3 is 14.9 Å². The molecule has 1 saturated heterocycles. The van der Waals surface area contributed by atoms with Gasteiger partial charge in [-0.3, -0.25) is 0 Å². The smallest absolute Gasteiger partial charge is 0.0846 e. The Bertz CT molecular complexity index is 108. The van der Waals surface area contributed by atoms with Gasteiger partial charge in [0, 0.05) is 12.5 Å². The molecule has 0 aliphatic carbocycles. The van der Waals surface area contributed by atoms with Gasteiger partial charge in [0.25, 0.3) is 0 Å². The van der Waals surface area contributed by atoms with E-state index in [4.69, 9.17) is 9.84 Å². The maximum atomic E-state index is 9.42. The van der Waals surface area contributed by atoms with Crippen molar-refractivity contribution >= 4 is 0 Å². The van der Waals surface area contributed by atoms with Gasteiger partial charge >= 0.3 is 0 Å². The lowest BCUT2D eigenvalue weighted by Gasteiger charge is -2.28. The van der Waals surface area contributed by atoms with Crippen molar-refractivity contribution in [2.75, 3.05) is 13.2 Å². The first-order chi connectivity index (χ1) is 5.22. The van der Waals surface area contributed by atoms with Gasteiger partial charge in [-0.2, -0.15) is 0 Å². The average molecular weight is 160 g/mol. The van der Waals surface area contributed by atoms with Gasteiger partial charge in [-0.05, 0) is 19.8 Å². The second kappa shape index (κ2) is 4.04. The molecule has 1 heterocycles.